The van der Waals surface area contributed by atoms with Crippen molar-refractivity contribution in [1.29, 1.82) is 0 Å². The van der Waals surface area contributed by atoms with Gasteiger partial charge in [0.2, 0.25) is 10.6 Å². The van der Waals surface area contributed by atoms with E-state index in [4.69, 9.17) is 22.1 Å². The zero-order chi connectivity index (χ0) is 25.1. The molecule has 0 bridgehead atoms. The highest BCUT2D eigenvalue weighted by Gasteiger charge is 2.18. The first-order valence-electron chi connectivity index (χ1n) is 11.6. The third kappa shape index (κ3) is 4.89. The highest BCUT2D eigenvalue weighted by Crippen LogP contribution is 2.27. The van der Waals surface area contributed by atoms with E-state index in [0.717, 1.165) is 33.8 Å². The van der Waals surface area contributed by atoms with Gasteiger partial charge in [0.25, 0.3) is 0 Å². The second kappa shape index (κ2) is 10.1. The first kappa shape index (κ1) is 23.4. The van der Waals surface area contributed by atoms with Crippen molar-refractivity contribution in [2.75, 3.05) is 7.11 Å². The molecule has 0 unspecified atom stereocenters. The molecule has 3 aromatic carbocycles. The molecule has 0 atom stereocenters. The Kier molecular flexibility index (Phi) is 6.60. The first-order valence-corrected chi connectivity index (χ1v) is 12.0. The summed E-state index contributed by atoms with van der Waals surface area (Å²) in [4.78, 5) is 0. The Morgan fingerprint density at radius 3 is 2.47 bits per heavy atom. The second-order valence-electron chi connectivity index (χ2n) is 8.54. The smallest absolute Gasteiger partial charge is 0.216 e. The van der Waals surface area contributed by atoms with Gasteiger partial charge in [-0.1, -0.05) is 48.5 Å². The van der Waals surface area contributed by atoms with E-state index < -0.39 is 0 Å². The molecule has 2 aromatic heterocycles. The predicted molar refractivity (Wildman–Crippen MR) is 145 cm³/mol. The Hall–Kier alpha value is -4.30. The molecule has 0 saturated carbocycles. The van der Waals surface area contributed by atoms with Crippen molar-refractivity contribution in [1.82, 2.24) is 24.7 Å². The number of aromatic amines is 1. The molecule has 7 nitrogen and oxygen atoms in total. The Balaban J connectivity index is 1.58. The van der Waals surface area contributed by atoms with Gasteiger partial charge in [0, 0.05) is 5.56 Å². The number of H-pyrrole nitrogens is 1. The summed E-state index contributed by atoms with van der Waals surface area (Å²) in [7, 11) is 1.66. The summed E-state index contributed by atoms with van der Waals surface area (Å²) in [5.74, 6) is 1.38. The number of hydrogen-bond donors (Lipinski definition) is 1. The highest BCUT2D eigenvalue weighted by molar-refractivity contribution is 7.71. The van der Waals surface area contributed by atoms with E-state index in [9.17, 15) is 0 Å². The molecule has 0 spiro atoms. The van der Waals surface area contributed by atoms with Crippen molar-refractivity contribution in [2.45, 2.75) is 20.4 Å². The molecule has 0 fully saturated rings. The molecular weight excluding hydrogens is 468 g/mol. The molecule has 0 aliphatic heterocycles. The molecule has 36 heavy (non-hydrogen) atoms. The van der Waals surface area contributed by atoms with Crippen molar-refractivity contribution >= 4 is 18.4 Å². The lowest BCUT2D eigenvalue weighted by atomic mass is 10.1. The largest absolute Gasteiger partial charge is 0.497 e. The zero-order valence-electron chi connectivity index (χ0n) is 20.3. The molecule has 0 radical (unpaired) electrons. The average molecular weight is 495 g/mol. The van der Waals surface area contributed by atoms with E-state index in [1.165, 1.54) is 11.1 Å². The van der Waals surface area contributed by atoms with Crippen molar-refractivity contribution in [2.24, 2.45) is 5.10 Å². The zero-order valence-corrected chi connectivity index (χ0v) is 21.2. The summed E-state index contributed by atoms with van der Waals surface area (Å²) < 4.78 is 9.29. The minimum absolute atomic E-state index is 0.406. The van der Waals surface area contributed by atoms with Crippen molar-refractivity contribution in [3.63, 3.8) is 0 Å². The lowest BCUT2D eigenvalue weighted by Gasteiger charge is -2.07. The molecule has 1 N–H and O–H groups in total. The summed E-state index contributed by atoms with van der Waals surface area (Å²) in [6, 6.07) is 26.3. The number of ether oxygens (including phenoxy) is 1. The van der Waals surface area contributed by atoms with E-state index >= 15 is 0 Å². The fraction of sp³-hybridized carbons (Fsp3) is 0.143. The third-order valence-electron chi connectivity index (χ3n) is 6.07. The van der Waals surface area contributed by atoms with Gasteiger partial charge >= 0.3 is 0 Å². The number of aromatic nitrogens is 5. The Labute approximate surface area is 214 Å². The number of aryl methyl sites for hydroxylation is 2. The molecule has 180 valence electrons. The fourth-order valence-corrected chi connectivity index (χ4v) is 4.09. The SMILES string of the molecule is COc1ccc(-c2cc(-c3n[nH]c(=S)n3/N=C/c3ccc(C)c(C)c3)n(Cc3ccccc3)n2)cc1. The van der Waals surface area contributed by atoms with Gasteiger partial charge in [0.05, 0.1) is 25.6 Å². The van der Waals surface area contributed by atoms with Crippen LogP contribution in [0.2, 0.25) is 0 Å². The van der Waals surface area contributed by atoms with Gasteiger partial charge in [-0.05, 0) is 78.7 Å². The summed E-state index contributed by atoms with van der Waals surface area (Å²) in [5.41, 5.74) is 7.16. The number of hydrogen-bond acceptors (Lipinski definition) is 5. The first-order chi connectivity index (χ1) is 17.5. The van der Waals surface area contributed by atoms with E-state index in [-0.39, 0.29) is 0 Å². The van der Waals surface area contributed by atoms with Crippen molar-refractivity contribution in [3.05, 3.63) is 106 Å². The lowest BCUT2D eigenvalue weighted by Crippen LogP contribution is -2.06. The summed E-state index contributed by atoms with van der Waals surface area (Å²) in [6.45, 7) is 4.76. The summed E-state index contributed by atoms with van der Waals surface area (Å²) in [5, 5.41) is 17.0. The average Bonchev–Trinajstić information content (AvgIpc) is 3.48. The van der Waals surface area contributed by atoms with Crippen LogP contribution >= 0.6 is 12.2 Å². The maximum absolute atomic E-state index is 5.52. The molecule has 0 aliphatic rings. The third-order valence-corrected chi connectivity index (χ3v) is 6.34. The number of nitrogens with one attached hydrogen (secondary N) is 1. The van der Waals surface area contributed by atoms with Crippen LogP contribution in [-0.2, 0) is 6.54 Å². The Morgan fingerprint density at radius 1 is 0.972 bits per heavy atom. The van der Waals surface area contributed by atoms with Gasteiger partial charge in [-0.25, -0.2) is 5.10 Å². The number of rotatable bonds is 7. The van der Waals surface area contributed by atoms with Gasteiger partial charge in [-0.15, -0.1) is 0 Å². The summed E-state index contributed by atoms with van der Waals surface area (Å²) in [6.07, 6.45) is 1.80. The topological polar surface area (TPSA) is 73.0 Å². The molecule has 8 heteroatoms. The number of nitrogens with zero attached hydrogens (tertiary/aromatic N) is 5. The lowest BCUT2D eigenvalue weighted by molar-refractivity contribution is 0.415. The number of benzene rings is 3. The molecule has 0 saturated heterocycles. The van der Waals surface area contributed by atoms with Gasteiger partial charge in [0.1, 0.15) is 11.4 Å². The number of methoxy groups -OCH3 is 1. The van der Waals surface area contributed by atoms with Crippen molar-refractivity contribution < 1.29 is 4.74 Å². The minimum atomic E-state index is 0.406. The molecule has 2 heterocycles. The van der Waals surface area contributed by atoms with Gasteiger partial charge in [-0.2, -0.15) is 20.0 Å². The van der Waals surface area contributed by atoms with Crippen LogP contribution in [0.4, 0.5) is 0 Å². The molecule has 0 aliphatic carbocycles. The summed E-state index contributed by atoms with van der Waals surface area (Å²) >= 11 is 5.52. The maximum Gasteiger partial charge on any atom is 0.216 e. The maximum atomic E-state index is 5.52. The monoisotopic (exact) mass is 494 g/mol. The predicted octanol–water partition coefficient (Wildman–Crippen LogP) is 6.03. The van der Waals surface area contributed by atoms with Crippen LogP contribution in [0.1, 0.15) is 22.3 Å². The second-order valence-corrected chi connectivity index (χ2v) is 8.93. The van der Waals surface area contributed by atoms with E-state index in [1.54, 1.807) is 18.0 Å². The standard InChI is InChI=1S/C28H26N6OS/c1-19-9-10-22(15-20(19)2)17-29-34-27(30-31-28(34)36)26-16-25(23-11-13-24(35-3)14-12-23)32-33(26)18-21-7-5-4-6-8-21/h4-17H,18H2,1-3H3,(H,31,36)/b29-17+. The Bertz CT molecular complexity index is 1580. The fourth-order valence-electron chi connectivity index (χ4n) is 3.91. The normalized spacial score (nSPS) is 11.3. The van der Waals surface area contributed by atoms with Crippen LogP contribution in [0.3, 0.4) is 0 Å². The van der Waals surface area contributed by atoms with Gasteiger partial charge in [0.15, 0.2) is 0 Å². The Morgan fingerprint density at radius 2 is 1.75 bits per heavy atom. The highest BCUT2D eigenvalue weighted by atomic mass is 32.1. The van der Waals surface area contributed by atoms with Crippen LogP contribution in [0.5, 0.6) is 5.75 Å². The molecule has 0 amide bonds. The van der Waals surface area contributed by atoms with Gasteiger partial charge < -0.3 is 4.74 Å². The van der Waals surface area contributed by atoms with Crippen LogP contribution in [0, 0.1) is 18.6 Å². The van der Waals surface area contributed by atoms with E-state index in [0.29, 0.717) is 17.1 Å². The van der Waals surface area contributed by atoms with Crippen molar-refractivity contribution in [3.8, 4) is 28.5 Å². The molecular formula is C28H26N6OS. The van der Waals surface area contributed by atoms with E-state index in [2.05, 4.69) is 53.4 Å². The minimum Gasteiger partial charge on any atom is -0.497 e. The van der Waals surface area contributed by atoms with E-state index in [1.807, 2.05) is 59.3 Å². The van der Waals surface area contributed by atoms with Crippen LogP contribution in [0.15, 0.2) is 84.0 Å². The molecule has 5 rings (SSSR count). The quantitative estimate of drug-likeness (QED) is 0.222. The van der Waals surface area contributed by atoms with Crippen LogP contribution in [0.25, 0.3) is 22.8 Å². The van der Waals surface area contributed by atoms with Crippen LogP contribution < -0.4 is 4.74 Å². The van der Waals surface area contributed by atoms with Gasteiger partial charge in [-0.3, -0.25) is 4.68 Å². The van der Waals surface area contributed by atoms with Crippen LogP contribution in [-0.4, -0.2) is 38.0 Å². The molecule has 5 aromatic rings.